The molecule has 1 aromatic carbocycles. The maximum Gasteiger partial charge on any atom is 0.315 e. The fourth-order valence-electron chi connectivity index (χ4n) is 4.75. The molecule has 0 saturated carbocycles. The Labute approximate surface area is 194 Å². The number of Topliss-reactive ketones (excluding diaryl/α,β-unsaturated/α-hetero) is 1. The molecule has 6 heteroatoms. The number of ether oxygens (including phenoxy) is 2. The van der Waals surface area contributed by atoms with E-state index in [9.17, 15) is 9.59 Å². The minimum Gasteiger partial charge on any atom is -0.497 e. The van der Waals surface area contributed by atoms with Crippen LogP contribution in [0.5, 0.6) is 5.75 Å². The summed E-state index contributed by atoms with van der Waals surface area (Å²) in [5, 5.41) is 0. The second-order valence-corrected chi connectivity index (χ2v) is 9.17. The fourth-order valence-corrected chi connectivity index (χ4v) is 4.75. The van der Waals surface area contributed by atoms with E-state index in [0.717, 1.165) is 22.6 Å². The summed E-state index contributed by atoms with van der Waals surface area (Å²) in [5.74, 6) is -0.268. The third-order valence-electron chi connectivity index (χ3n) is 6.35. The van der Waals surface area contributed by atoms with Crippen molar-refractivity contribution in [3.63, 3.8) is 0 Å². The van der Waals surface area contributed by atoms with Gasteiger partial charge in [0.2, 0.25) is 0 Å². The van der Waals surface area contributed by atoms with Gasteiger partial charge in [-0.2, -0.15) is 0 Å². The summed E-state index contributed by atoms with van der Waals surface area (Å²) < 4.78 is 10.9. The average molecular weight is 447 g/mol. The van der Waals surface area contributed by atoms with Gasteiger partial charge < -0.3 is 9.47 Å². The van der Waals surface area contributed by atoms with E-state index in [4.69, 9.17) is 14.5 Å². The van der Waals surface area contributed by atoms with Crippen LogP contribution in [0.2, 0.25) is 0 Å². The van der Waals surface area contributed by atoms with Gasteiger partial charge in [-0.3, -0.25) is 19.6 Å². The van der Waals surface area contributed by atoms with E-state index < -0.39 is 11.8 Å². The Morgan fingerprint density at radius 1 is 1.06 bits per heavy atom. The molecule has 172 valence electrons. The summed E-state index contributed by atoms with van der Waals surface area (Å²) in [7, 11) is 1.64. The minimum absolute atomic E-state index is 0.0387. The molecule has 0 amide bonds. The standard InChI is InChI=1S/C27H30N2O4/c1-16(2)15-33-27(31)24-17(3)29-22-13-20(18-5-7-21(32-4)8-6-18)14-23(30)26(22)25(24)19-9-11-28-12-10-19/h5-12,16,20,24-25H,13-15H2,1-4H3. The van der Waals surface area contributed by atoms with E-state index >= 15 is 0 Å². The van der Waals surface area contributed by atoms with Gasteiger partial charge in [0.05, 0.1) is 13.7 Å². The molecule has 2 heterocycles. The zero-order valence-corrected chi connectivity index (χ0v) is 19.6. The first-order chi connectivity index (χ1) is 15.9. The van der Waals surface area contributed by atoms with Crippen molar-refractivity contribution >= 4 is 17.5 Å². The first-order valence-corrected chi connectivity index (χ1v) is 11.4. The molecule has 4 rings (SSSR count). The number of aromatic nitrogens is 1. The Balaban J connectivity index is 1.72. The molecule has 6 nitrogen and oxygen atoms in total. The zero-order chi connectivity index (χ0) is 23.5. The number of ketones is 1. The van der Waals surface area contributed by atoms with Gasteiger partial charge in [-0.25, -0.2) is 0 Å². The van der Waals surface area contributed by atoms with Crippen molar-refractivity contribution in [1.82, 2.24) is 4.98 Å². The number of methoxy groups -OCH3 is 1. The van der Waals surface area contributed by atoms with Gasteiger partial charge in [0.15, 0.2) is 5.78 Å². The Morgan fingerprint density at radius 3 is 2.39 bits per heavy atom. The summed E-state index contributed by atoms with van der Waals surface area (Å²) in [4.78, 5) is 35.6. The van der Waals surface area contributed by atoms with Crippen LogP contribution in [-0.4, -0.2) is 36.2 Å². The molecule has 0 bridgehead atoms. The van der Waals surface area contributed by atoms with Gasteiger partial charge >= 0.3 is 5.97 Å². The van der Waals surface area contributed by atoms with Crippen molar-refractivity contribution < 1.29 is 19.1 Å². The largest absolute Gasteiger partial charge is 0.497 e. The molecule has 0 N–H and O–H groups in total. The molecule has 2 aliphatic rings. The Bertz CT molecular complexity index is 1090. The van der Waals surface area contributed by atoms with Crippen LogP contribution in [0, 0.1) is 11.8 Å². The van der Waals surface area contributed by atoms with Crippen molar-refractivity contribution in [3.05, 3.63) is 71.2 Å². The molecular formula is C27H30N2O4. The van der Waals surface area contributed by atoms with Gasteiger partial charge in [-0.15, -0.1) is 0 Å². The molecule has 1 aliphatic heterocycles. The van der Waals surface area contributed by atoms with Gasteiger partial charge in [0.1, 0.15) is 11.7 Å². The monoisotopic (exact) mass is 446 g/mol. The number of esters is 1. The lowest BCUT2D eigenvalue weighted by molar-refractivity contribution is -0.147. The highest BCUT2D eigenvalue weighted by Gasteiger charge is 2.44. The predicted octanol–water partition coefficient (Wildman–Crippen LogP) is 4.86. The second kappa shape index (κ2) is 9.69. The van der Waals surface area contributed by atoms with Crippen molar-refractivity contribution in [2.45, 2.75) is 45.4 Å². The number of allylic oxidation sites excluding steroid dienone is 2. The molecule has 0 fully saturated rings. The van der Waals surface area contributed by atoms with Gasteiger partial charge in [0.25, 0.3) is 0 Å². The quantitative estimate of drug-likeness (QED) is 0.592. The molecule has 1 aromatic heterocycles. The molecule has 33 heavy (non-hydrogen) atoms. The molecular weight excluding hydrogens is 416 g/mol. The lowest BCUT2D eigenvalue weighted by atomic mass is 9.69. The first kappa shape index (κ1) is 22.9. The van der Waals surface area contributed by atoms with Crippen molar-refractivity contribution in [2.24, 2.45) is 16.8 Å². The van der Waals surface area contributed by atoms with Crippen LogP contribution in [0.25, 0.3) is 0 Å². The van der Waals surface area contributed by atoms with E-state index in [1.165, 1.54) is 0 Å². The second-order valence-electron chi connectivity index (χ2n) is 9.17. The number of rotatable bonds is 6. The van der Waals surface area contributed by atoms with Crippen LogP contribution in [0.4, 0.5) is 0 Å². The van der Waals surface area contributed by atoms with Crippen LogP contribution < -0.4 is 4.74 Å². The van der Waals surface area contributed by atoms with Crippen LogP contribution in [-0.2, 0) is 14.3 Å². The van der Waals surface area contributed by atoms with Crippen molar-refractivity contribution in [2.75, 3.05) is 13.7 Å². The summed E-state index contributed by atoms with van der Waals surface area (Å²) in [6, 6.07) is 11.6. The zero-order valence-electron chi connectivity index (χ0n) is 19.6. The maximum absolute atomic E-state index is 13.5. The smallest absolute Gasteiger partial charge is 0.315 e. The van der Waals surface area contributed by atoms with Crippen molar-refractivity contribution in [1.29, 1.82) is 0 Å². The number of carbonyl (C=O) groups excluding carboxylic acids is 2. The highest BCUT2D eigenvalue weighted by molar-refractivity contribution is 6.09. The molecule has 0 spiro atoms. The summed E-state index contributed by atoms with van der Waals surface area (Å²) >= 11 is 0. The van der Waals surface area contributed by atoms with E-state index in [-0.39, 0.29) is 23.6 Å². The van der Waals surface area contributed by atoms with Crippen molar-refractivity contribution in [3.8, 4) is 5.75 Å². The topological polar surface area (TPSA) is 77.8 Å². The predicted molar refractivity (Wildman–Crippen MR) is 126 cm³/mol. The van der Waals surface area contributed by atoms with E-state index in [1.807, 2.05) is 57.2 Å². The van der Waals surface area contributed by atoms with Crippen LogP contribution in [0.15, 0.2) is 65.1 Å². The third kappa shape index (κ3) is 4.75. The summed E-state index contributed by atoms with van der Waals surface area (Å²) in [6.45, 7) is 6.20. The fraction of sp³-hybridized carbons (Fsp3) is 0.407. The summed E-state index contributed by atoms with van der Waals surface area (Å²) in [6.07, 6.45) is 4.43. The highest BCUT2D eigenvalue weighted by atomic mass is 16.5. The van der Waals surface area contributed by atoms with E-state index in [2.05, 4.69) is 4.98 Å². The number of carbonyl (C=O) groups is 2. The highest BCUT2D eigenvalue weighted by Crippen LogP contribution is 2.46. The molecule has 3 atom stereocenters. The maximum atomic E-state index is 13.5. The number of pyridine rings is 1. The number of aliphatic imine (C=N–C) groups is 1. The lowest BCUT2D eigenvalue weighted by Gasteiger charge is -2.36. The van der Waals surface area contributed by atoms with Gasteiger partial charge in [0, 0.05) is 41.7 Å². The molecule has 0 radical (unpaired) electrons. The Morgan fingerprint density at radius 2 is 1.76 bits per heavy atom. The average Bonchev–Trinajstić information content (AvgIpc) is 2.82. The molecule has 3 unspecified atom stereocenters. The Kier molecular flexibility index (Phi) is 6.72. The first-order valence-electron chi connectivity index (χ1n) is 11.4. The lowest BCUT2D eigenvalue weighted by Crippen LogP contribution is -2.38. The minimum atomic E-state index is -0.619. The van der Waals surface area contributed by atoms with Gasteiger partial charge in [-0.05, 0) is 60.6 Å². The normalized spacial score (nSPS) is 22.6. The number of hydrogen-bond donors (Lipinski definition) is 0. The van der Waals surface area contributed by atoms with Crippen LogP contribution in [0.1, 0.15) is 56.6 Å². The third-order valence-corrected chi connectivity index (χ3v) is 6.35. The summed E-state index contributed by atoms with van der Waals surface area (Å²) in [5.41, 5.74) is 4.08. The Hall–Kier alpha value is -3.28. The molecule has 0 saturated heterocycles. The van der Waals surface area contributed by atoms with E-state index in [0.29, 0.717) is 30.7 Å². The number of hydrogen-bond acceptors (Lipinski definition) is 6. The number of nitrogens with zero attached hydrogens (tertiary/aromatic N) is 2. The SMILES string of the molecule is COc1ccc(C2CC(=O)C3=C(C2)N=C(C)C(C(=O)OCC(C)C)C3c2ccncc2)cc1. The van der Waals surface area contributed by atoms with E-state index in [1.54, 1.807) is 19.5 Å². The van der Waals surface area contributed by atoms with Crippen LogP contribution >= 0.6 is 0 Å². The molecule has 2 aromatic rings. The van der Waals surface area contributed by atoms with Gasteiger partial charge in [-0.1, -0.05) is 26.0 Å². The molecule has 1 aliphatic carbocycles. The van der Waals surface area contributed by atoms with Crippen LogP contribution in [0.3, 0.4) is 0 Å². The number of benzene rings is 1.